The van der Waals surface area contributed by atoms with Crippen LogP contribution in [0.2, 0.25) is 0 Å². The van der Waals surface area contributed by atoms with Crippen LogP contribution in [0, 0.1) is 13.8 Å². The van der Waals surface area contributed by atoms with Crippen molar-refractivity contribution in [2.75, 3.05) is 5.73 Å². The molecule has 0 radical (unpaired) electrons. The van der Waals surface area contributed by atoms with E-state index in [9.17, 15) is 0 Å². The normalized spacial score (nSPS) is 10.8. The van der Waals surface area contributed by atoms with Gasteiger partial charge >= 0.3 is 0 Å². The molecule has 62 valence electrons. The Bertz CT molecular complexity index is 434. The first-order valence-electron chi connectivity index (χ1n) is 3.54. The first-order valence-corrected chi connectivity index (χ1v) is 3.54. The molecule has 0 saturated carbocycles. The maximum Gasteiger partial charge on any atom is 0.252 e. The zero-order valence-corrected chi connectivity index (χ0v) is 6.83. The van der Waals surface area contributed by atoms with Crippen LogP contribution < -0.4 is 5.73 Å². The molecule has 0 atom stereocenters. The lowest BCUT2D eigenvalue weighted by Gasteiger charge is -1.92. The summed E-state index contributed by atoms with van der Waals surface area (Å²) in [6.07, 6.45) is 0. The van der Waals surface area contributed by atoms with E-state index in [2.05, 4.69) is 15.0 Å². The third kappa shape index (κ3) is 0.903. The van der Waals surface area contributed by atoms with Crippen LogP contribution in [-0.4, -0.2) is 15.0 Å². The molecule has 2 rings (SSSR count). The number of anilines is 1. The Labute approximate surface area is 68.6 Å². The molecule has 5 heteroatoms. The third-order valence-electron chi connectivity index (χ3n) is 1.50. The number of nitrogens with two attached hydrogens (primary N) is 1. The molecule has 0 amide bonds. The first kappa shape index (κ1) is 7.02. The minimum absolute atomic E-state index is 0.370. The zero-order chi connectivity index (χ0) is 8.72. The molecule has 5 nitrogen and oxygen atoms in total. The Morgan fingerprint density at radius 2 is 1.92 bits per heavy atom. The maximum atomic E-state index is 5.60. The SMILES string of the molecule is Cc1nc(N)c2nc(C)oc2n1. The van der Waals surface area contributed by atoms with Crippen LogP contribution in [0.15, 0.2) is 4.42 Å². The summed E-state index contributed by atoms with van der Waals surface area (Å²) < 4.78 is 5.19. The van der Waals surface area contributed by atoms with Crippen LogP contribution in [0.4, 0.5) is 5.82 Å². The van der Waals surface area contributed by atoms with Gasteiger partial charge in [0, 0.05) is 6.92 Å². The lowest BCUT2D eigenvalue weighted by atomic mass is 10.5. The van der Waals surface area contributed by atoms with E-state index in [0.717, 1.165) is 0 Å². The fraction of sp³-hybridized carbons (Fsp3) is 0.286. The minimum atomic E-state index is 0.370. The molecule has 0 aromatic carbocycles. The minimum Gasteiger partial charge on any atom is -0.422 e. The van der Waals surface area contributed by atoms with E-state index < -0.39 is 0 Å². The van der Waals surface area contributed by atoms with Crippen molar-refractivity contribution >= 4 is 17.0 Å². The second kappa shape index (κ2) is 2.17. The molecule has 0 aliphatic heterocycles. The predicted octanol–water partition coefficient (Wildman–Crippen LogP) is 0.817. The Balaban J connectivity index is 2.88. The Kier molecular flexibility index (Phi) is 1.27. The van der Waals surface area contributed by atoms with E-state index in [-0.39, 0.29) is 0 Å². The fourth-order valence-corrected chi connectivity index (χ4v) is 1.06. The van der Waals surface area contributed by atoms with Crippen molar-refractivity contribution in [3.63, 3.8) is 0 Å². The van der Waals surface area contributed by atoms with Gasteiger partial charge in [-0.2, -0.15) is 4.98 Å². The van der Waals surface area contributed by atoms with E-state index in [0.29, 0.717) is 28.8 Å². The molecule has 2 aromatic heterocycles. The molecule has 0 aliphatic carbocycles. The molecule has 0 bridgehead atoms. The van der Waals surface area contributed by atoms with Gasteiger partial charge in [-0.05, 0) is 6.92 Å². The van der Waals surface area contributed by atoms with Crippen molar-refractivity contribution in [2.24, 2.45) is 0 Å². The molecular formula is C7H8N4O. The van der Waals surface area contributed by atoms with Crippen LogP contribution in [0.1, 0.15) is 11.7 Å². The van der Waals surface area contributed by atoms with Gasteiger partial charge in [0.05, 0.1) is 0 Å². The number of nitrogens with zero attached hydrogens (tertiary/aromatic N) is 3. The summed E-state index contributed by atoms with van der Waals surface area (Å²) in [5.74, 6) is 1.52. The van der Waals surface area contributed by atoms with Crippen molar-refractivity contribution in [2.45, 2.75) is 13.8 Å². The molecule has 0 unspecified atom stereocenters. The summed E-state index contributed by atoms with van der Waals surface area (Å²) in [5, 5.41) is 0. The highest BCUT2D eigenvalue weighted by Crippen LogP contribution is 2.17. The first-order chi connectivity index (χ1) is 5.66. The van der Waals surface area contributed by atoms with Crippen LogP contribution >= 0.6 is 0 Å². The summed E-state index contributed by atoms with van der Waals surface area (Å²) in [4.78, 5) is 12.0. The van der Waals surface area contributed by atoms with Crippen molar-refractivity contribution < 1.29 is 4.42 Å². The number of oxazole rings is 1. The van der Waals surface area contributed by atoms with Crippen LogP contribution in [0.25, 0.3) is 11.2 Å². The van der Waals surface area contributed by atoms with Crippen molar-refractivity contribution in [1.29, 1.82) is 0 Å². The second-order valence-corrected chi connectivity index (χ2v) is 2.54. The Morgan fingerprint density at radius 3 is 2.67 bits per heavy atom. The van der Waals surface area contributed by atoms with Gasteiger partial charge in [0.2, 0.25) is 0 Å². The quantitative estimate of drug-likeness (QED) is 0.623. The molecule has 0 aliphatic rings. The van der Waals surface area contributed by atoms with Crippen LogP contribution in [-0.2, 0) is 0 Å². The molecule has 0 fully saturated rings. The van der Waals surface area contributed by atoms with Gasteiger partial charge in [-0.25, -0.2) is 9.97 Å². The highest BCUT2D eigenvalue weighted by atomic mass is 16.4. The van der Waals surface area contributed by atoms with Gasteiger partial charge in [-0.15, -0.1) is 0 Å². The van der Waals surface area contributed by atoms with E-state index in [1.165, 1.54) is 0 Å². The van der Waals surface area contributed by atoms with Crippen molar-refractivity contribution in [3.05, 3.63) is 11.7 Å². The standard InChI is InChI=1S/C7H8N4O/c1-3-9-6(8)5-7(10-3)12-4(2)11-5/h1-2H3,(H2,8,9,10). The van der Waals surface area contributed by atoms with E-state index >= 15 is 0 Å². The summed E-state index contributed by atoms with van der Waals surface area (Å²) >= 11 is 0. The molecule has 0 spiro atoms. The van der Waals surface area contributed by atoms with E-state index in [1.807, 2.05) is 0 Å². The summed E-state index contributed by atoms with van der Waals surface area (Å²) in [7, 11) is 0. The van der Waals surface area contributed by atoms with E-state index in [4.69, 9.17) is 10.2 Å². The van der Waals surface area contributed by atoms with Crippen LogP contribution in [0.3, 0.4) is 0 Å². The molecule has 2 aromatic rings. The predicted molar refractivity (Wildman–Crippen MR) is 43.5 cm³/mol. The summed E-state index contributed by atoms with van der Waals surface area (Å²) in [6, 6.07) is 0. The summed E-state index contributed by atoms with van der Waals surface area (Å²) in [6.45, 7) is 3.50. The van der Waals surface area contributed by atoms with Gasteiger partial charge < -0.3 is 10.2 Å². The average Bonchev–Trinajstić information content (AvgIpc) is 2.29. The number of rotatable bonds is 0. The smallest absolute Gasteiger partial charge is 0.252 e. The zero-order valence-electron chi connectivity index (χ0n) is 6.83. The number of nitrogen functional groups attached to an aromatic ring is 1. The van der Waals surface area contributed by atoms with Gasteiger partial charge in [-0.1, -0.05) is 0 Å². The highest BCUT2D eigenvalue weighted by Gasteiger charge is 2.08. The topological polar surface area (TPSA) is 77.8 Å². The van der Waals surface area contributed by atoms with E-state index in [1.54, 1.807) is 13.8 Å². The number of hydrogen-bond acceptors (Lipinski definition) is 5. The number of hydrogen-bond donors (Lipinski definition) is 1. The Morgan fingerprint density at radius 1 is 1.17 bits per heavy atom. The second-order valence-electron chi connectivity index (χ2n) is 2.54. The highest BCUT2D eigenvalue weighted by molar-refractivity contribution is 5.79. The molecule has 12 heavy (non-hydrogen) atoms. The third-order valence-corrected chi connectivity index (χ3v) is 1.50. The maximum absolute atomic E-state index is 5.60. The number of aryl methyl sites for hydroxylation is 2. The van der Waals surface area contributed by atoms with Gasteiger partial charge in [0.15, 0.2) is 17.2 Å². The lowest BCUT2D eigenvalue weighted by molar-refractivity contribution is 0.550. The molecule has 0 saturated heterocycles. The Hall–Kier alpha value is -1.65. The molecular weight excluding hydrogens is 156 g/mol. The fourth-order valence-electron chi connectivity index (χ4n) is 1.06. The molecule has 2 heterocycles. The lowest BCUT2D eigenvalue weighted by Crippen LogP contribution is -1.95. The largest absolute Gasteiger partial charge is 0.422 e. The average molecular weight is 164 g/mol. The van der Waals surface area contributed by atoms with Crippen molar-refractivity contribution in [3.8, 4) is 0 Å². The van der Waals surface area contributed by atoms with Gasteiger partial charge in [-0.3, -0.25) is 0 Å². The monoisotopic (exact) mass is 164 g/mol. The van der Waals surface area contributed by atoms with Crippen LogP contribution in [0.5, 0.6) is 0 Å². The number of fused-ring (bicyclic) bond motifs is 1. The van der Waals surface area contributed by atoms with Gasteiger partial charge in [0.1, 0.15) is 5.82 Å². The van der Waals surface area contributed by atoms with Gasteiger partial charge in [0.25, 0.3) is 5.71 Å². The van der Waals surface area contributed by atoms with Crippen molar-refractivity contribution in [1.82, 2.24) is 15.0 Å². The number of aromatic nitrogens is 3. The molecule has 2 N–H and O–H groups in total. The summed E-state index contributed by atoms with van der Waals surface area (Å²) in [5.41, 5.74) is 6.59.